The summed E-state index contributed by atoms with van der Waals surface area (Å²) in [7, 11) is 1.61. The van der Waals surface area contributed by atoms with Crippen LogP contribution in [0.15, 0.2) is 64.5 Å². The number of rotatable bonds is 5. The molecule has 1 saturated heterocycles. The molecule has 0 saturated carbocycles. The smallest absolute Gasteiger partial charge is 0.266 e. The Morgan fingerprint density at radius 2 is 1.88 bits per heavy atom. The maximum absolute atomic E-state index is 12.7. The number of aliphatic imine (C=N–C) groups is 1. The Kier molecular flexibility index (Phi) is 5.53. The Labute approximate surface area is 150 Å². The van der Waals surface area contributed by atoms with E-state index in [1.807, 2.05) is 30.3 Å². The minimum Gasteiger partial charge on any atom is -0.508 e. The molecule has 1 N–H and O–H groups in total. The van der Waals surface area contributed by atoms with Crippen molar-refractivity contribution < 1.29 is 14.6 Å². The van der Waals surface area contributed by atoms with E-state index >= 15 is 0 Å². The molecule has 1 heterocycles. The largest absolute Gasteiger partial charge is 0.508 e. The number of hydrogen-bond acceptors (Lipinski definition) is 5. The van der Waals surface area contributed by atoms with Gasteiger partial charge in [-0.2, -0.15) is 0 Å². The van der Waals surface area contributed by atoms with Crippen LogP contribution in [0, 0.1) is 0 Å². The van der Waals surface area contributed by atoms with Gasteiger partial charge >= 0.3 is 0 Å². The Morgan fingerprint density at radius 1 is 1.16 bits per heavy atom. The molecule has 128 valence electrons. The van der Waals surface area contributed by atoms with Crippen LogP contribution in [0.3, 0.4) is 0 Å². The lowest BCUT2D eigenvalue weighted by Crippen LogP contribution is -2.32. The first-order valence-corrected chi connectivity index (χ1v) is 8.62. The number of carbonyl (C=O) groups is 1. The first-order chi connectivity index (χ1) is 12.2. The van der Waals surface area contributed by atoms with Gasteiger partial charge in [0.25, 0.3) is 5.91 Å². The van der Waals surface area contributed by atoms with E-state index in [0.717, 1.165) is 11.3 Å². The number of amides is 1. The molecule has 3 rings (SSSR count). The lowest BCUT2D eigenvalue weighted by atomic mass is 10.2. The molecule has 0 aromatic heterocycles. The number of carbonyl (C=O) groups excluding carboxylic acids is 1. The van der Waals surface area contributed by atoms with Crippen molar-refractivity contribution >= 4 is 34.6 Å². The summed E-state index contributed by atoms with van der Waals surface area (Å²) in [5, 5.41) is 10.0. The summed E-state index contributed by atoms with van der Waals surface area (Å²) in [6, 6.07) is 16.3. The summed E-state index contributed by atoms with van der Waals surface area (Å²) in [6.07, 6.45) is 1.81. The normalized spacial score (nSPS) is 17.6. The number of nitrogens with zero attached hydrogens (tertiary/aromatic N) is 2. The highest BCUT2D eigenvalue weighted by Crippen LogP contribution is 2.34. The SMILES string of the molecule is COCCN1C(=O)/C(=C/c2ccc(O)cc2)SC1=Nc1ccccc1. The highest BCUT2D eigenvalue weighted by molar-refractivity contribution is 8.18. The number of amidine groups is 1. The second-order valence-electron chi connectivity index (χ2n) is 5.38. The van der Waals surface area contributed by atoms with Crippen molar-refractivity contribution in [3.8, 4) is 5.75 Å². The summed E-state index contributed by atoms with van der Waals surface area (Å²) in [6.45, 7) is 0.882. The van der Waals surface area contributed by atoms with E-state index in [-0.39, 0.29) is 11.7 Å². The van der Waals surface area contributed by atoms with Gasteiger partial charge < -0.3 is 9.84 Å². The van der Waals surface area contributed by atoms with E-state index in [9.17, 15) is 9.90 Å². The van der Waals surface area contributed by atoms with Crippen molar-refractivity contribution in [2.45, 2.75) is 0 Å². The van der Waals surface area contributed by atoms with Crippen molar-refractivity contribution in [1.29, 1.82) is 0 Å². The number of para-hydroxylation sites is 1. The van der Waals surface area contributed by atoms with E-state index in [0.29, 0.717) is 23.2 Å². The van der Waals surface area contributed by atoms with E-state index in [2.05, 4.69) is 4.99 Å². The highest BCUT2D eigenvalue weighted by Gasteiger charge is 2.33. The van der Waals surface area contributed by atoms with Crippen LogP contribution in [-0.2, 0) is 9.53 Å². The molecule has 0 aliphatic carbocycles. The van der Waals surface area contributed by atoms with E-state index in [1.54, 1.807) is 42.4 Å². The average Bonchev–Trinajstić information content (AvgIpc) is 2.91. The predicted molar refractivity (Wildman–Crippen MR) is 101 cm³/mol. The number of ether oxygens (including phenoxy) is 1. The Bertz CT molecular complexity index is 801. The monoisotopic (exact) mass is 354 g/mol. The van der Waals surface area contributed by atoms with Crippen molar-refractivity contribution in [3.63, 3.8) is 0 Å². The van der Waals surface area contributed by atoms with Crippen molar-refractivity contribution in [1.82, 2.24) is 4.90 Å². The second kappa shape index (κ2) is 8.00. The van der Waals surface area contributed by atoms with E-state index < -0.39 is 0 Å². The molecule has 1 amide bonds. The van der Waals surface area contributed by atoms with Gasteiger partial charge in [0.1, 0.15) is 5.75 Å². The average molecular weight is 354 g/mol. The fourth-order valence-electron chi connectivity index (χ4n) is 2.31. The molecule has 0 spiro atoms. The molecule has 0 atom stereocenters. The second-order valence-corrected chi connectivity index (χ2v) is 6.39. The number of phenols is 1. The van der Waals surface area contributed by atoms with Crippen molar-refractivity contribution in [2.24, 2.45) is 4.99 Å². The number of phenolic OH excluding ortho intramolecular Hbond substituents is 1. The van der Waals surface area contributed by atoms with Gasteiger partial charge in [-0.25, -0.2) is 4.99 Å². The third kappa shape index (κ3) is 4.29. The molecule has 6 heteroatoms. The number of aromatic hydroxyl groups is 1. The van der Waals surface area contributed by atoms with Crippen LogP contribution < -0.4 is 0 Å². The van der Waals surface area contributed by atoms with E-state index in [4.69, 9.17) is 4.74 Å². The summed E-state index contributed by atoms with van der Waals surface area (Å²) < 4.78 is 5.11. The zero-order chi connectivity index (χ0) is 17.6. The minimum absolute atomic E-state index is 0.0928. The van der Waals surface area contributed by atoms with Gasteiger partial charge in [-0.15, -0.1) is 0 Å². The van der Waals surface area contributed by atoms with Gasteiger partial charge in [-0.05, 0) is 47.7 Å². The van der Waals surface area contributed by atoms with Crippen LogP contribution >= 0.6 is 11.8 Å². The number of methoxy groups -OCH3 is 1. The third-order valence-corrected chi connectivity index (χ3v) is 4.59. The molecule has 2 aromatic rings. The van der Waals surface area contributed by atoms with Gasteiger partial charge in [-0.1, -0.05) is 30.3 Å². The van der Waals surface area contributed by atoms with Crippen molar-refractivity contribution in [3.05, 3.63) is 65.1 Å². The van der Waals surface area contributed by atoms with Crippen LogP contribution in [0.5, 0.6) is 5.75 Å². The highest BCUT2D eigenvalue weighted by atomic mass is 32.2. The van der Waals surface area contributed by atoms with Gasteiger partial charge in [-0.3, -0.25) is 9.69 Å². The molecule has 1 aliphatic rings. The van der Waals surface area contributed by atoms with Crippen LogP contribution in [0.1, 0.15) is 5.56 Å². The fraction of sp³-hybridized carbons (Fsp3) is 0.158. The third-order valence-electron chi connectivity index (χ3n) is 3.58. The first-order valence-electron chi connectivity index (χ1n) is 7.80. The lowest BCUT2D eigenvalue weighted by molar-refractivity contribution is -0.122. The number of hydrogen-bond donors (Lipinski definition) is 1. The standard InChI is InChI=1S/C19H18N2O3S/c1-24-12-11-21-18(23)17(13-14-7-9-16(22)10-8-14)25-19(21)20-15-5-3-2-4-6-15/h2-10,13,22H,11-12H2,1H3/b17-13-,20-19?. The Morgan fingerprint density at radius 3 is 2.56 bits per heavy atom. The van der Waals surface area contributed by atoms with Gasteiger partial charge in [0.05, 0.1) is 23.7 Å². The number of benzene rings is 2. The topological polar surface area (TPSA) is 62.1 Å². The molecule has 25 heavy (non-hydrogen) atoms. The summed E-state index contributed by atoms with van der Waals surface area (Å²) in [5.74, 6) is 0.102. The van der Waals surface area contributed by atoms with Gasteiger partial charge in [0.2, 0.25) is 0 Å². The fourth-order valence-corrected chi connectivity index (χ4v) is 3.33. The van der Waals surface area contributed by atoms with Crippen LogP contribution in [-0.4, -0.2) is 41.3 Å². The molecule has 1 aliphatic heterocycles. The molecule has 0 bridgehead atoms. The Balaban J connectivity index is 1.90. The zero-order valence-corrected chi connectivity index (χ0v) is 14.6. The molecule has 1 fully saturated rings. The molecule has 0 radical (unpaired) electrons. The maximum atomic E-state index is 12.7. The molecule has 5 nitrogen and oxygen atoms in total. The molecular weight excluding hydrogens is 336 g/mol. The molecular formula is C19H18N2O3S. The summed E-state index contributed by atoms with van der Waals surface area (Å²) >= 11 is 1.34. The maximum Gasteiger partial charge on any atom is 0.266 e. The number of thioether (sulfide) groups is 1. The lowest BCUT2D eigenvalue weighted by Gasteiger charge is -2.14. The quantitative estimate of drug-likeness (QED) is 0.833. The minimum atomic E-state index is -0.0928. The first kappa shape index (κ1) is 17.3. The predicted octanol–water partition coefficient (Wildman–Crippen LogP) is 3.64. The van der Waals surface area contributed by atoms with Gasteiger partial charge in [0.15, 0.2) is 5.17 Å². The Hall–Kier alpha value is -2.57. The molecule has 0 unspecified atom stereocenters. The van der Waals surface area contributed by atoms with E-state index in [1.165, 1.54) is 11.8 Å². The van der Waals surface area contributed by atoms with Crippen LogP contribution in [0.4, 0.5) is 5.69 Å². The van der Waals surface area contributed by atoms with Crippen LogP contribution in [0.2, 0.25) is 0 Å². The van der Waals surface area contributed by atoms with Gasteiger partial charge in [0, 0.05) is 7.11 Å². The van der Waals surface area contributed by atoms with Crippen LogP contribution in [0.25, 0.3) is 6.08 Å². The summed E-state index contributed by atoms with van der Waals surface area (Å²) in [5.41, 5.74) is 1.65. The zero-order valence-electron chi connectivity index (χ0n) is 13.8. The summed E-state index contributed by atoms with van der Waals surface area (Å²) in [4.78, 5) is 19.6. The molecule has 2 aromatic carbocycles. The van der Waals surface area contributed by atoms with Crippen molar-refractivity contribution in [2.75, 3.05) is 20.3 Å².